The average molecular weight is 268 g/mol. The molecule has 1 fully saturated rings. The fraction of sp³-hybridized carbons (Fsp3) is 0.909. The van der Waals surface area contributed by atoms with E-state index >= 15 is 0 Å². The number of amides is 1. The van der Waals surface area contributed by atoms with Crippen LogP contribution in [-0.4, -0.2) is 42.9 Å². The molecule has 0 heterocycles. The number of alkyl halides is 3. The lowest BCUT2D eigenvalue weighted by Crippen LogP contribution is -2.40. The molecule has 0 atom stereocenters. The molecule has 0 saturated heterocycles. The summed E-state index contributed by atoms with van der Waals surface area (Å²) in [7, 11) is 0. The van der Waals surface area contributed by atoms with E-state index in [0.29, 0.717) is 12.5 Å². The molecule has 4 nitrogen and oxygen atoms in total. The molecule has 0 unspecified atom stereocenters. The van der Waals surface area contributed by atoms with Crippen molar-refractivity contribution in [2.75, 3.05) is 19.6 Å². The molecule has 1 aliphatic rings. The topological polar surface area (TPSA) is 61.4 Å². The number of carbonyl (C=O) groups excluding carboxylic acids is 1. The van der Waals surface area contributed by atoms with Crippen molar-refractivity contribution in [2.45, 2.75) is 38.0 Å². The highest BCUT2D eigenvalue weighted by Gasteiger charge is 2.26. The van der Waals surface area contributed by atoms with Crippen LogP contribution in [0, 0.1) is 5.92 Å². The lowest BCUT2D eigenvalue weighted by molar-refractivity contribution is -0.128. The minimum Gasteiger partial charge on any atom is -0.393 e. The molecule has 18 heavy (non-hydrogen) atoms. The van der Waals surface area contributed by atoms with Crippen molar-refractivity contribution in [3.63, 3.8) is 0 Å². The Morgan fingerprint density at radius 2 is 1.83 bits per heavy atom. The second kappa shape index (κ2) is 6.94. The number of carbonyl (C=O) groups is 1. The molecular formula is C11H19F3N2O2. The maximum Gasteiger partial charge on any atom is 0.401 e. The van der Waals surface area contributed by atoms with Crippen molar-refractivity contribution in [1.29, 1.82) is 0 Å². The molecule has 0 spiro atoms. The van der Waals surface area contributed by atoms with Gasteiger partial charge in [0.1, 0.15) is 0 Å². The van der Waals surface area contributed by atoms with Crippen molar-refractivity contribution < 1.29 is 23.1 Å². The van der Waals surface area contributed by atoms with Gasteiger partial charge in [-0.05, 0) is 31.6 Å². The van der Waals surface area contributed by atoms with Gasteiger partial charge in [0.2, 0.25) is 5.91 Å². The van der Waals surface area contributed by atoms with E-state index in [0.717, 1.165) is 25.7 Å². The van der Waals surface area contributed by atoms with Gasteiger partial charge in [0.05, 0.1) is 19.2 Å². The van der Waals surface area contributed by atoms with E-state index in [1.807, 2.05) is 5.32 Å². The Hall–Kier alpha value is -0.820. The zero-order valence-corrected chi connectivity index (χ0v) is 10.1. The van der Waals surface area contributed by atoms with Crippen LogP contribution in [0.1, 0.15) is 25.7 Å². The first-order valence-corrected chi connectivity index (χ1v) is 6.09. The lowest BCUT2D eigenvalue weighted by atomic mass is 9.87. The quantitative estimate of drug-likeness (QED) is 0.691. The number of aliphatic hydroxyl groups is 1. The Morgan fingerprint density at radius 3 is 2.39 bits per heavy atom. The minimum absolute atomic E-state index is 0.245. The number of hydrogen-bond donors (Lipinski definition) is 3. The Labute approximate surface area is 104 Å². The average Bonchev–Trinajstić information content (AvgIpc) is 2.26. The Bertz CT molecular complexity index is 264. The Balaban J connectivity index is 2.06. The molecule has 0 aliphatic heterocycles. The number of hydrogen-bond acceptors (Lipinski definition) is 3. The Morgan fingerprint density at radius 1 is 1.22 bits per heavy atom. The number of nitrogens with one attached hydrogen (secondary N) is 2. The molecule has 1 saturated carbocycles. The molecular weight excluding hydrogens is 249 g/mol. The van der Waals surface area contributed by atoms with Crippen LogP contribution in [0.3, 0.4) is 0 Å². The highest BCUT2D eigenvalue weighted by molar-refractivity contribution is 5.77. The third-order valence-electron chi connectivity index (χ3n) is 3.02. The molecule has 1 aliphatic carbocycles. The van der Waals surface area contributed by atoms with E-state index in [1.165, 1.54) is 0 Å². The molecule has 106 valence electrons. The smallest absolute Gasteiger partial charge is 0.393 e. The van der Waals surface area contributed by atoms with E-state index in [-0.39, 0.29) is 12.6 Å². The summed E-state index contributed by atoms with van der Waals surface area (Å²) >= 11 is 0. The second-order valence-electron chi connectivity index (χ2n) is 4.70. The number of halogens is 3. The largest absolute Gasteiger partial charge is 0.401 e. The van der Waals surface area contributed by atoms with E-state index in [4.69, 9.17) is 0 Å². The first-order valence-electron chi connectivity index (χ1n) is 6.09. The molecule has 0 bridgehead atoms. The predicted octanol–water partition coefficient (Wildman–Crippen LogP) is 0.806. The Kier molecular flexibility index (Phi) is 5.87. The molecule has 0 aromatic heterocycles. The number of aliphatic hydroxyl groups excluding tert-OH is 1. The highest BCUT2D eigenvalue weighted by Crippen LogP contribution is 2.23. The zero-order valence-electron chi connectivity index (χ0n) is 10.1. The summed E-state index contributed by atoms with van der Waals surface area (Å²) in [5, 5.41) is 13.9. The third kappa shape index (κ3) is 6.80. The van der Waals surface area contributed by atoms with Gasteiger partial charge in [0, 0.05) is 6.54 Å². The molecule has 7 heteroatoms. The maximum absolute atomic E-state index is 11.8. The van der Waals surface area contributed by atoms with Gasteiger partial charge in [-0.15, -0.1) is 0 Å². The van der Waals surface area contributed by atoms with Crippen molar-refractivity contribution in [2.24, 2.45) is 5.92 Å². The van der Waals surface area contributed by atoms with E-state index in [2.05, 4.69) is 5.32 Å². The third-order valence-corrected chi connectivity index (χ3v) is 3.02. The van der Waals surface area contributed by atoms with Gasteiger partial charge in [0.15, 0.2) is 0 Å². The van der Waals surface area contributed by atoms with Crippen LogP contribution in [0.4, 0.5) is 13.2 Å². The first kappa shape index (κ1) is 15.2. The molecule has 0 aromatic rings. The van der Waals surface area contributed by atoms with Crippen molar-refractivity contribution in [1.82, 2.24) is 10.6 Å². The first-order chi connectivity index (χ1) is 8.37. The minimum atomic E-state index is -4.29. The van der Waals surface area contributed by atoms with Gasteiger partial charge in [-0.2, -0.15) is 13.2 Å². The molecule has 3 N–H and O–H groups in total. The monoisotopic (exact) mass is 268 g/mol. The fourth-order valence-corrected chi connectivity index (χ4v) is 1.99. The normalized spacial score (nSPS) is 24.9. The second-order valence-corrected chi connectivity index (χ2v) is 4.70. The van der Waals surface area contributed by atoms with E-state index < -0.39 is 18.6 Å². The van der Waals surface area contributed by atoms with Crippen LogP contribution in [0.25, 0.3) is 0 Å². The van der Waals surface area contributed by atoms with Crippen LogP contribution >= 0.6 is 0 Å². The van der Waals surface area contributed by atoms with E-state index in [1.54, 1.807) is 0 Å². The molecule has 1 rings (SSSR count). The summed E-state index contributed by atoms with van der Waals surface area (Å²) in [5.41, 5.74) is 0. The zero-order chi connectivity index (χ0) is 13.6. The summed E-state index contributed by atoms with van der Waals surface area (Å²) in [5.74, 6) is -0.106. The summed E-state index contributed by atoms with van der Waals surface area (Å²) in [4.78, 5) is 11.2. The lowest BCUT2D eigenvalue weighted by Gasteiger charge is -2.25. The summed E-state index contributed by atoms with van der Waals surface area (Å²) in [6, 6.07) is 0. The summed E-state index contributed by atoms with van der Waals surface area (Å²) in [6.07, 6.45) is -1.39. The maximum atomic E-state index is 11.8. The SMILES string of the molecule is O=C(CNCC(F)(F)F)NCC1CCC(O)CC1. The van der Waals surface area contributed by atoms with Crippen LogP contribution in [0.15, 0.2) is 0 Å². The molecule has 0 radical (unpaired) electrons. The fourth-order valence-electron chi connectivity index (χ4n) is 1.99. The van der Waals surface area contributed by atoms with Gasteiger partial charge in [-0.1, -0.05) is 0 Å². The predicted molar refractivity (Wildman–Crippen MR) is 59.9 cm³/mol. The molecule has 0 aromatic carbocycles. The van der Waals surface area contributed by atoms with Gasteiger partial charge in [-0.25, -0.2) is 0 Å². The standard InChI is InChI=1S/C11H19F3N2O2/c12-11(13,14)7-15-6-10(18)16-5-8-1-3-9(17)4-2-8/h8-9,15,17H,1-7H2,(H,16,18). The van der Waals surface area contributed by atoms with Crippen LogP contribution in [0.2, 0.25) is 0 Å². The van der Waals surface area contributed by atoms with Crippen molar-refractivity contribution >= 4 is 5.91 Å². The molecule has 1 amide bonds. The van der Waals surface area contributed by atoms with Crippen molar-refractivity contribution in [3.8, 4) is 0 Å². The van der Waals surface area contributed by atoms with Crippen molar-refractivity contribution in [3.05, 3.63) is 0 Å². The summed E-state index contributed by atoms with van der Waals surface area (Å²) < 4.78 is 35.4. The van der Waals surface area contributed by atoms with Gasteiger partial charge in [-0.3, -0.25) is 4.79 Å². The highest BCUT2D eigenvalue weighted by atomic mass is 19.4. The van der Waals surface area contributed by atoms with E-state index in [9.17, 15) is 23.1 Å². The van der Waals surface area contributed by atoms with Gasteiger partial charge in [0.25, 0.3) is 0 Å². The van der Waals surface area contributed by atoms with Crippen LogP contribution in [0.5, 0.6) is 0 Å². The number of rotatable bonds is 5. The van der Waals surface area contributed by atoms with Gasteiger partial charge < -0.3 is 15.7 Å². The van der Waals surface area contributed by atoms with Crippen LogP contribution in [-0.2, 0) is 4.79 Å². The summed E-state index contributed by atoms with van der Waals surface area (Å²) in [6.45, 7) is -1.01. The van der Waals surface area contributed by atoms with Crippen LogP contribution < -0.4 is 10.6 Å². The van der Waals surface area contributed by atoms with Gasteiger partial charge >= 0.3 is 6.18 Å².